The summed E-state index contributed by atoms with van der Waals surface area (Å²) in [6.45, 7) is 8.12. The van der Waals surface area contributed by atoms with Gasteiger partial charge in [-0.3, -0.25) is 0 Å². The van der Waals surface area contributed by atoms with Crippen LogP contribution in [0.2, 0.25) is 0 Å². The van der Waals surface area contributed by atoms with Crippen molar-refractivity contribution < 1.29 is 5.11 Å². The molecule has 0 aromatic heterocycles. The van der Waals surface area contributed by atoms with E-state index in [1.165, 1.54) is 83.5 Å². The average Bonchev–Trinajstić information content (AvgIpc) is 2.42. The highest BCUT2D eigenvalue weighted by atomic mass is 16.3. The van der Waals surface area contributed by atoms with E-state index in [0.29, 0.717) is 0 Å². The first kappa shape index (κ1) is 21.9. The normalized spacial score (nSPS) is 15.0. The van der Waals surface area contributed by atoms with Gasteiger partial charge in [-0.15, -0.1) is 0 Å². The Balaban J connectivity index is 3.28. The largest absolute Gasteiger partial charge is 0.376 e. The SMILES string of the molecule is CCCCCCCCCCCCCCCC(C)(C)C(C)(N)O. The Morgan fingerprint density at radius 1 is 0.636 bits per heavy atom. The van der Waals surface area contributed by atoms with Crippen molar-refractivity contribution in [2.45, 2.75) is 123 Å². The Kier molecular flexibility index (Phi) is 12.3. The van der Waals surface area contributed by atoms with Crippen LogP contribution in [0.25, 0.3) is 0 Å². The second kappa shape index (κ2) is 12.4. The van der Waals surface area contributed by atoms with Gasteiger partial charge in [0.2, 0.25) is 0 Å². The van der Waals surface area contributed by atoms with Crippen LogP contribution in [0, 0.1) is 5.41 Å². The molecule has 0 aromatic carbocycles. The van der Waals surface area contributed by atoms with Crippen molar-refractivity contribution in [1.82, 2.24) is 0 Å². The molecule has 1 atom stereocenters. The van der Waals surface area contributed by atoms with Crippen molar-refractivity contribution >= 4 is 0 Å². The third-order valence-electron chi connectivity index (χ3n) is 5.28. The van der Waals surface area contributed by atoms with Crippen molar-refractivity contribution in [2.24, 2.45) is 11.1 Å². The maximum atomic E-state index is 9.91. The van der Waals surface area contributed by atoms with Crippen molar-refractivity contribution in [2.75, 3.05) is 0 Å². The van der Waals surface area contributed by atoms with E-state index < -0.39 is 5.72 Å². The summed E-state index contributed by atoms with van der Waals surface area (Å²) >= 11 is 0. The lowest BCUT2D eigenvalue weighted by Gasteiger charge is -2.37. The molecule has 0 saturated heterocycles. The van der Waals surface area contributed by atoms with Gasteiger partial charge in [-0.25, -0.2) is 0 Å². The van der Waals surface area contributed by atoms with Gasteiger partial charge in [0.1, 0.15) is 5.72 Å². The summed E-state index contributed by atoms with van der Waals surface area (Å²) < 4.78 is 0. The summed E-state index contributed by atoms with van der Waals surface area (Å²) in [6.07, 6.45) is 18.9. The van der Waals surface area contributed by atoms with Gasteiger partial charge in [-0.05, 0) is 13.3 Å². The van der Waals surface area contributed by atoms with Crippen LogP contribution in [0.3, 0.4) is 0 Å². The highest BCUT2D eigenvalue weighted by Gasteiger charge is 2.34. The van der Waals surface area contributed by atoms with Gasteiger partial charge in [0.15, 0.2) is 0 Å². The Labute approximate surface area is 140 Å². The maximum absolute atomic E-state index is 9.91. The smallest absolute Gasteiger partial charge is 0.115 e. The van der Waals surface area contributed by atoms with Crippen LogP contribution in [0.5, 0.6) is 0 Å². The highest BCUT2D eigenvalue weighted by molar-refractivity contribution is 4.84. The fraction of sp³-hybridized carbons (Fsp3) is 1.00. The molecule has 0 aliphatic carbocycles. The number of hydrogen-bond acceptors (Lipinski definition) is 2. The first-order chi connectivity index (χ1) is 10.3. The number of unbranched alkanes of at least 4 members (excludes halogenated alkanes) is 12. The van der Waals surface area contributed by atoms with E-state index in [9.17, 15) is 5.11 Å². The molecule has 22 heavy (non-hydrogen) atoms. The molecule has 0 rings (SSSR count). The molecule has 1 unspecified atom stereocenters. The van der Waals surface area contributed by atoms with Crippen LogP contribution in [-0.2, 0) is 0 Å². The zero-order valence-corrected chi connectivity index (χ0v) is 15.9. The Morgan fingerprint density at radius 2 is 0.955 bits per heavy atom. The van der Waals surface area contributed by atoms with Crippen LogP contribution in [0.15, 0.2) is 0 Å². The summed E-state index contributed by atoms with van der Waals surface area (Å²) in [5.74, 6) is 0. The Bertz CT molecular complexity index is 243. The van der Waals surface area contributed by atoms with E-state index in [-0.39, 0.29) is 5.41 Å². The fourth-order valence-corrected chi connectivity index (χ4v) is 2.84. The molecule has 0 saturated carbocycles. The van der Waals surface area contributed by atoms with Gasteiger partial charge in [0.25, 0.3) is 0 Å². The summed E-state index contributed by atoms with van der Waals surface area (Å²) in [5, 5.41) is 9.91. The third-order valence-corrected chi connectivity index (χ3v) is 5.28. The zero-order chi connectivity index (χ0) is 16.9. The molecule has 0 aromatic rings. The van der Waals surface area contributed by atoms with Crippen LogP contribution >= 0.6 is 0 Å². The van der Waals surface area contributed by atoms with Crippen molar-refractivity contribution in [3.8, 4) is 0 Å². The lowest BCUT2D eigenvalue weighted by atomic mass is 9.78. The number of rotatable bonds is 15. The molecule has 134 valence electrons. The van der Waals surface area contributed by atoms with E-state index in [0.717, 1.165) is 6.42 Å². The Morgan fingerprint density at radius 3 is 1.27 bits per heavy atom. The second-order valence-corrected chi connectivity index (χ2v) is 8.02. The highest BCUT2D eigenvalue weighted by Crippen LogP contribution is 2.32. The predicted molar refractivity (Wildman–Crippen MR) is 98.9 cm³/mol. The molecule has 0 radical (unpaired) electrons. The molecule has 0 spiro atoms. The van der Waals surface area contributed by atoms with Gasteiger partial charge in [0, 0.05) is 5.41 Å². The molecule has 0 bridgehead atoms. The molecular formula is C20H43NO. The van der Waals surface area contributed by atoms with E-state index in [1.54, 1.807) is 6.92 Å². The minimum Gasteiger partial charge on any atom is -0.376 e. The van der Waals surface area contributed by atoms with E-state index in [2.05, 4.69) is 20.8 Å². The van der Waals surface area contributed by atoms with Crippen molar-refractivity contribution in [1.29, 1.82) is 0 Å². The quantitative estimate of drug-likeness (QED) is 0.281. The molecule has 2 nitrogen and oxygen atoms in total. The molecule has 0 amide bonds. The number of hydrogen-bond donors (Lipinski definition) is 2. The van der Waals surface area contributed by atoms with Gasteiger partial charge < -0.3 is 10.8 Å². The second-order valence-electron chi connectivity index (χ2n) is 8.02. The summed E-state index contributed by atoms with van der Waals surface area (Å²) in [7, 11) is 0. The molecule has 0 aliphatic rings. The minimum atomic E-state index is -1.07. The molecule has 0 fully saturated rings. The topological polar surface area (TPSA) is 46.2 Å². The molecule has 2 heteroatoms. The van der Waals surface area contributed by atoms with Gasteiger partial charge >= 0.3 is 0 Å². The maximum Gasteiger partial charge on any atom is 0.115 e. The van der Waals surface area contributed by atoms with Crippen LogP contribution in [0.4, 0.5) is 0 Å². The minimum absolute atomic E-state index is 0.190. The Hall–Kier alpha value is -0.0800. The van der Waals surface area contributed by atoms with E-state index in [1.807, 2.05) is 0 Å². The fourth-order valence-electron chi connectivity index (χ4n) is 2.84. The van der Waals surface area contributed by atoms with Crippen molar-refractivity contribution in [3.63, 3.8) is 0 Å². The predicted octanol–water partition coefficient (Wildman–Crippen LogP) is 6.16. The van der Waals surface area contributed by atoms with Gasteiger partial charge in [-0.2, -0.15) is 0 Å². The third kappa shape index (κ3) is 11.5. The lowest BCUT2D eigenvalue weighted by Crippen LogP contribution is -2.49. The first-order valence-electron chi connectivity index (χ1n) is 9.82. The summed E-state index contributed by atoms with van der Waals surface area (Å²) in [6, 6.07) is 0. The molecular weight excluding hydrogens is 270 g/mol. The average molecular weight is 314 g/mol. The summed E-state index contributed by atoms with van der Waals surface area (Å²) in [4.78, 5) is 0. The van der Waals surface area contributed by atoms with E-state index >= 15 is 0 Å². The van der Waals surface area contributed by atoms with E-state index in [4.69, 9.17) is 5.73 Å². The number of aliphatic hydroxyl groups is 1. The van der Waals surface area contributed by atoms with Crippen LogP contribution in [0.1, 0.15) is 118 Å². The molecule has 3 N–H and O–H groups in total. The van der Waals surface area contributed by atoms with Gasteiger partial charge in [-0.1, -0.05) is 104 Å². The summed E-state index contributed by atoms with van der Waals surface area (Å²) in [5.41, 5.74) is 4.56. The first-order valence-corrected chi connectivity index (χ1v) is 9.82. The van der Waals surface area contributed by atoms with Crippen molar-refractivity contribution in [3.05, 3.63) is 0 Å². The van der Waals surface area contributed by atoms with Crippen LogP contribution in [-0.4, -0.2) is 10.8 Å². The zero-order valence-electron chi connectivity index (χ0n) is 15.9. The number of nitrogens with two attached hydrogens (primary N) is 1. The molecule has 0 aliphatic heterocycles. The standard InChI is InChI=1S/C20H43NO/c1-5-6-7-8-9-10-11-12-13-14-15-16-17-18-19(2,3)20(4,21)22/h22H,5-18,21H2,1-4H3. The van der Waals surface area contributed by atoms with Crippen LogP contribution < -0.4 is 5.73 Å². The molecule has 0 heterocycles. The lowest BCUT2D eigenvalue weighted by molar-refractivity contribution is -0.0514. The van der Waals surface area contributed by atoms with Gasteiger partial charge in [0.05, 0.1) is 0 Å². The monoisotopic (exact) mass is 313 g/mol.